The van der Waals surface area contributed by atoms with E-state index in [1.54, 1.807) is 0 Å². The van der Waals surface area contributed by atoms with Gasteiger partial charge in [-0.25, -0.2) is 0 Å². The lowest BCUT2D eigenvalue weighted by Gasteiger charge is -2.24. The molecule has 17 heavy (non-hydrogen) atoms. The van der Waals surface area contributed by atoms with Crippen molar-refractivity contribution in [2.45, 2.75) is 58.3 Å². The molecule has 0 radical (unpaired) electrons. The number of carbonyl (C=O) groups excluding carboxylic acids is 1. The molecule has 0 bridgehead atoms. The van der Waals surface area contributed by atoms with Gasteiger partial charge in [0.2, 0.25) is 5.91 Å². The molecule has 1 aliphatic carbocycles. The van der Waals surface area contributed by atoms with Crippen molar-refractivity contribution in [2.24, 2.45) is 17.6 Å². The number of nitrogens with two attached hydrogens (primary N) is 1. The smallest absolute Gasteiger partial charge is 0.222 e. The normalized spacial score (nSPS) is 18.9. The molecule has 0 aliphatic heterocycles. The van der Waals surface area contributed by atoms with Crippen molar-refractivity contribution in [1.82, 2.24) is 5.32 Å². The van der Waals surface area contributed by atoms with Crippen molar-refractivity contribution < 1.29 is 4.79 Å². The lowest BCUT2D eigenvalue weighted by atomic mass is 9.83. The van der Waals surface area contributed by atoms with E-state index in [4.69, 9.17) is 5.73 Å². The Hall–Kier alpha value is -0.570. The molecule has 3 heteroatoms. The van der Waals surface area contributed by atoms with Crippen LogP contribution in [0.25, 0.3) is 0 Å². The Kier molecular flexibility index (Phi) is 7.25. The minimum atomic E-state index is 0.177. The monoisotopic (exact) mass is 240 g/mol. The molecule has 1 rings (SSSR count). The summed E-state index contributed by atoms with van der Waals surface area (Å²) in [6, 6.07) is 0. The fourth-order valence-electron chi connectivity index (χ4n) is 2.69. The summed E-state index contributed by atoms with van der Waals surface area (Å²) in [4.78, 5) is 11.8. The van der Waals surface area contributed by atoms with E-state index in [-0.39, 0.29) is 11.8 Å². The van der Waals surface area contributed by atoms with Crippen molar-refractivity contribution in [1.29, 1.82) is 0 Å². The van der Waals surface area contributed by atoms with Gasteiger partial charge in [0.05, 0.1) is 0 Å². The molecule has 1 saturated carbocycles. The first-order valence-corrected chi connectivity index (χ1v) is 7.21. The van der Waals surface area contributed by atoms with Gasteiger partial charge in [0.15, 0.2) is 0 Å². The molecular weight excluding hydrogens is 212 g/mol. The van der Waals surface area contributed by atoms with Gasteiger partial charge in [-0.15, -0.1) is 0 Å². The summed E-state index contributed by atoms with van der Waals surface area (Å²) in [6.45, 7) is 3.56. The lowest BCUT2D eigenvalue weighted by molar-refractivity contribution is -0.125. The number of carbonyl (C=O) groups is 1. The van der Waals surface area contributed by atoms with Gasteiger partial charge < -0.3 is 11.1 Å². The van der Waals surface area contributed by atoms with E-state index in [2.05, 4.69) is 12.2 Å². The number of rotatable bonds is 7. The van der Waals surface area contributed by atoms with E-state index in [1.807, 2.05) is 0 Å². The standard InChI is InChI=1S/C14H28N2O/c1-12(11-13-7-3-2-4-8-13)14(17)16-10-6-5-9-15/h12-13H,2-11,15H2,1H3,(H,16,17). The summed E-state index contributed by atoms with van der Waals surface area (Å²) in [5, 5.41) is 3.01. The summed E-state index contributed by atoms with van der Waals surface area (Å²) < 4.78 is 0. The van der Waals surface area contributed by atoms with E-state index < -0.39 is 0 Å². The minimum absolute atomic E-state index is 0.177. The van der Waals surface area contributed by atoms with Gasteiger partial charge in [-0.3, -0.25) is 4.79 Å². The molecule has 0 aromatic heterocycles. The predicted octanol–water partition coefficient (Wildman–Crippen LogP) is 2.45. The van der Waals surface area contributed by atoms with Gasteiger partial charge in [0.1, 0.15) is 0 Å². The van der Waals surface area contributed by atoms with E-state index in [9.17, 15) is 4.79 Å². The first-order chi connectivity index (χ1) is 8.24. The minimum Gasteiger partial charge on any atom is -0.356 e. The zero-order valence-electron chi connectivity index (χ0n) is 11.2. The third-order valence-electron chi connectivity index (χ3n) is 3.79. The number of amides is 1. The van der Waals surface area contributed by atoms with E-state index >= 15 is 0 Å². The summed E-state index contributed by atoms with van der Waals surface area (Å²) >= 11 is 0. The first-order valence-electron chi connectivity index (χ1n) is 7.21. The highest BCUT2D eigenvalue weighted by Gasteiger charge is 2.20. The second-order valence-corrected chi connectivity index (χ2v) is 5.43. The van der Waals surface area contributed by atoms with Crippen molar-refractivity contribution in [3.05, 3.63) is 0 Å². The van der Waals surface area contributed by atoms with Gasteiger partial charge in [-0.05, 0) is 31.7 Å². The summed E-state index contributed by atoms with van der Waals surface area (Å²) in [5.41, 5.74) is 5.42. The van der Waals surface area contributed by atoms with Crippen molar-refractivity contribution in [3.8, 4) is 0 Å². The third-order valence-corrected chi connectivity index (χ3v) is 3.79. The van der Waals surface area contributed by atoms with Crippen molar-refractivity contribution in [3.63, 3.8) is 0 Å². The topological polar surface area (TPSA) is 55.1 Å². The van der Waals surface area contributed by atoms with Crippen LogP contribution in [-0.4, -0.2) is 19.0 Å². The highest BCUT2D eigenvalue weighted by molar-refractivity contribution is 5.78. The molecule has 1 atom stereocenters. The SMILES string of the molecule is CC(CC1CCCCC1)C(=O)NCCCCN. The molecule has 1 aliphatic rings. The van der Waals surface area contributed by atoms with E-state index in [0.29, 0.717) is 6.54 Å². The van der Waals surface area contributed by atoms with Gasteiger partial charge in [-0.1, -0.05) is 39.0 Å². The Morgan fingerprint density at radius 2 is 2.00 bits per heavy atom. The molecule has 0 aromatic rings. The molecule has 0 heterocycles. The Morgan fingerprint density at radius 1 is 1.29 bits per heavy atom. The summed E-state index contributed by atoms with van der Waals surface area (Å²) in [5.74, 6) is 1.19. The van der Waals surface area contributed by atoms with E-state index in [1.165, 1.54) is 32.1 Å². The zero-order chi connectivity index (χ0) is 12.5. The Bertz CT molecular complexity index is 212. The molecule has 3 N–H and O–H groups in total. The number of hydrogen-bond acceptors (Lipinski definition) is 2. The highest BCUT2D eigenvalue weighted by atomic mass is 16.1. The number of unbranched alkanes of at least 4 members (excludes halogenated alkanes) is 1. The quantitative estimate of drug-likeness (QED) is 0.672. The van der Waals surface area contributed by atoms with Crippen LogP contribution in [0.2, 0.25) is 0 Å². The van der Waals surface area contributed by atoms with E-state index in [0.717, 1.165) is 31.7 Å². The Balaban J connectivity index is 2.12. The molecule has 3 nitrogen and oxygen atoms in total. The largest absolute Gasteiger partial charge is 0.356 e. The molecule has 1 unspecified atom stereocenters. The number of hydrogen-bond donors (Lipinski definition) is 2. The molecule has 1 amide bonds. The zero-order valence-corrected chi connectivity index (χ0v) is 11.2. The van der Waals surface area contributed by atoms with Gasteiger partial charge >= 0.3 is 0 Å². The fraction of sp³-hybridized carbons (Fsp3) is 0.929. The molecule has 0 aromatic carbocycles. The maximum absolute atomic E-state index is 11.8. The third kappa shape index (κ3) is 6.06. The van der Waals surface area contributed by atoms with Crippen molar-refractivity contribution >= 4 is 5.91 Å². The second kappa shape index (κ2) is 8.51. The summed E-state index contributed by atoms with van der Waals surface area (Å²) in [6.07, 6.45) is 9.81. The van der Waals surface area contributed by atoms with Gasteiger partial charge in [-0.2, -0.15) is 0 Å². The van der Waals surface area contributed by atoms with Crippen LogP contribution in [0.15, 0.2) is 0 Å². The van der Waals surface area contributed by atoms with Crippen molar-refractivity contribution in [2.75, 3.05) is 13.1 Å². The van der Waals surface area contributed by atoms with Crippen LogP contribution < -0.4 is 11.1 Å². The Labute approximate surface area is 106 Å². The maximum atomic E-state index is 11.8. The molecule has 1 fully saturated rings. The molecule has 0 spiro atoms. The van der Waals surface area contributed by atoms with Crippen LogP contribution in [-0.2, 0) is 4.79 Å². The first kappa shape index (κ1) is 14.5. The fourth-order valence-corrected chi connectivity index (χ4v) is 2.69. The molecule has 0 saturated heterocycles. The highest BCUT2D eigenvalue weighted by Crippen LogP contribution is 2.28. The van der Waals surface area contributed by atoms with Gasteiger partial charge in [0.25, 0.3) is 0 Å². The number of nitrogens with one attached hydrogen (secondary N) is 1. The van der Waals surface area contributed by atoms with Gasteiger partial charge in [0, 0.05) is 12.5 Å². The van der Waals surface area contributed by atoms with Crippen LogP contribution in [0.1, 0.15) is 58.3 Å². The van der Waals surface area contributed by atoms with Crippen LogP contribution in [0.4, 0.5) is 0 Å². The van der Waals surface area contributed by atoms with Crippen LogP contribution >= 0.6 is 0 Å². The van der Waals surface area contributed by atoms with Crippen LogP contribution in [0, 0.1) is 11.8 Å². The molecular formula is C14H28N2O. The lowest BCUT2D eigenvalue weighted by Crippen LogP contribution is -2.31. The maximum Gasteiger partial charge on any atom is 0.222 e. The van der Waals surface area contributed by atoms with Crippen LogP contribution in [0.5, 0.6) is 0 Å². The predicted molar refractivity (Wildman–Crippen MR) is 71.7 cm³/mol. The van der Waals surface area contributed by atoms with Crippen LogP contribution in [0.3, 0.4) is 0 Å². The Morgan fingerprint density at radius 3 is 2.65 bits per heavy atom. The average Bonchev–Trinajstić information content (AvgIpc) is 2.35. The average molecular weight is 240 g/mol. The molecule has 100 valence electrons. The summed E-state index contributed by atoms with van der Waals surface area (Å²) in [7, 11) is 0. The second-order valence-electron chi connectivity index (χ2n) is 5.43.